The van der Waals surface area contributed by atoms with Crippen LogP contribution in [0.15, 0.2) is 12.1 Å². The average Bonchev–Trinajstić information content (AvgIpc) is 2.64. The van der Waals surface area contributed by atoms with E-state index in [9.17, 15) is 13.2 Å². The predicted molar refractivity (Wildman–Crippen MR) is 70.5 cm³/mol. The lowest BCUT2D eigenvalue weighted by molar-refractivity contribution is -0.138. The molecule has 0 saturated heterocycles. The van der Waals surface area contributed by atoms with E-state index in [0.29, 0.717) is 16.9 Å². The molecule has 1 aromatic carbocycles. The molecule has 0 bridgehead atoms. The molecule has 0 saturated carbocycles. The molecule has 1 aromatic heterocycles. The Hall–Kier alpha value is -1.56. The van der Waals surface area contributed by atoms with Crippen molar-refractivity contribution >= 4 is 11.0 Å². The summed E-state index contributed by atoms with van der Waals surface area (Å²) < 4.78 is 46.2. The van der Waals surface area contributed by atoms with Crippen molar-refractivity contribution in [2.75, 3.05) is 7.11 Å². The van der Waals surface area contributed by atoms with Gasteiger partial charge >= 0.3 is 6.18 Å². The van der Waals surface area contributed by atoms with Gasteiger partial charge in [-0.15, -0.1) is 0 Å². The minimum atomic E-state index is -4.36. The van der Waals surface area contributed by atoms with Gasteiger partial charge in [-0.25, -0.2) is 4.98 Å². The van der Waals surface area contributed by atoms with E-state index < -0.39 is 11.7 Å². The van der Waals surface area contributed by atoms with E-state index in [-0.39, 0.29) is 18.1 Å². The normalized spacial score (nSPS) is 12.6. The SMILES string of the molecule is COCc1nc2cc(C(C)C)c(C(F)(F)F)cc2n1C. The molecule has 1 heterocycles. The first kappa shape index (κ1) is 14.8. The van der Waals surface area contributed by atoms with Crippen molar-refractivity contribution in [3.8, 4) is 0 Å². The number of hydrogen-bond donors (Lipinski definition) is 0. The first-order valence-corrected chi connectivity index (χ1v) is 6.31. The van der Waals surface area contributed by atoms with Crippen molar-refractivity contribution < 1.29 is 17.9 Å². The third-order valence-electron chi connectivity index (χ3n) is 3.35. The zero-order valence-electron chi connectivity index (χ0n) is 11.9. The second-order valence-electron chi connectivity index (χ2n) is 5.10. The van der Waals surface area contributed by atoms with Crippen LogP contribution in [0.5, 0.6) is 0 Å². The van der Waals surface area contributed by atoms with E-state index in [1.165, 1.54) is 19.2 Å². The first-order valence-electron chi connectivity index (χ1n) is 6.31. The Balaban J connectivity index is 2.72. The van der Waals surface area contributed by atoms with Gasteiger partial charge in [-0.05, 0) is 23.6 Å². The third kappa shape index (κ3) is 2.52. The molecule has 110 valence electrons. The Morgan fingerprint density at radius 2 is 1.95 bits per heavy atom. The highest BCUT2D eigenvalue weighted by Crippen LogP contribution is 2.37. The summed E-state index contributed by atoms with van der Waals surface area (Å²) in [7, 11) is 3.22. The van der Waals surface area contributed by atoms with Gasteiger partial charge in [-0.3, -0.25) is 0 Å². The van der Waals surface area contributed by atoms with E-state index in [1.54, 1.807) is 25.5 Å². The van der Waals surface area contributed by atoms with Crippen LogP contribution in [0.3, 0.4) is 0 Å². The number of nitrogens with zero attached hydrogens (tertiary/aromatic N) is 2. The Morgan fingerprint density at radius 1 is 1.30 bits per heavy atom. The van der Waals surface area contributed by atoms with Gasteiger partial charge in [0.25, 0.3) is 0 Å². The maximum Gasteiger partial charge on any atom is 0.416 e. The molecule has 0 radical (unpaired) electrons. The van der Waals surface area contributed by atoms with Crippen molar-refractivity contribution in [1.82, 2.24) is 9.55 Å². The number of alkyl halides is 3. The van der Waals surface area contributed by atoms with E-state index >= 15 is 0 Å². The Morgan fingerprint density at radius 3 is 2.45 bits per heavy atom. The lowest BCUT2D eigenvalue weighted by atomic mass is 9.96. The molecule has 0 fully saturated rings. The number of rotatable bonds is 3. The van der Waals surface area contributed by atoms with Gasteiger partial charge in [0.15, 0.2) is 0 Å². The minimum Gasteiger partial charge on any atom is -0.377 e. The van der Waals surface area contributed by atoms with Gasteiger partial charge in [-0.1, -0.05) is 13.8 Å². The monoisotopic (exact) mass is 286 g/mol. The Bertz CT molecular complexity index is 629. The quantitative estimate of drug-likeness (QED) is 0.856. The van der Waals surface area contributed by atoms with Crippen molar-refractivity contribution in [3.05, 3.63) is 29.1 Å². The van der Waals surface area contributed by atoms with E-state index in [2.05, 4.69) is 4.98 Å². The summed E-state index contributed by atoms with van der Waals surface area (Å²) in [6.45, 7) is 3.76. The van der Waals surface area contributed by atoms with Crippen LogP contribution in [0.25, 0.3) is 11.0 Å². The lowest BCUT2D eigenvalue weighted by Crippen LogP contribution is -2.10. The zero-order chi connectivity index (χ0) is 15.1. The number of ether oxygens (including phenoxy) is 1. The van der Waals surface area contributed by atoms with Crippen LogP contribution in [0.4, 0.5) is 13.2 Å². The topological polar surface area (TPSA) is 27.1 Å². The zero-order valence-corrected chi connectivity index (χ0v) is 11.9. The molecule has 0 aliphatic heterocycles. The second-order valence-corrected chi connectivity index (χ2v) is 5.10. The third-order valence-corrected chi connectivity index (χ3v) is 3.35. The van der Waals surface area contributed by atoms with Gasteiger partial charge in [0.1, 0.15) is 12.4 Å². The maximum atomic E-state index is 13.2. The highest BCUT2D eigenvalue weighted by Gasteiger charge is 2.34. The van der Waals surface area contributed by atoms with Crippen molar-refractivity contribution in [3.63, 3.8) is 0 Å². The molecule has 20 heavy (non-hydrogen) atoms. The van der Waals surface area contributed by atoms with Gasteiger partial charge in [0, 0.05) is 14.2 Å². The summed E-state index contributed by atoms with van der Waals surface area (Å²) in [6, 6.07) is 2.71. The molecular formula is C14H17F3N2O. The summed E-state index contributed by atoms with van der Waals surface area (Å²) in [5.41, 5.74) is 0.712. The molecule has 0 spiro atoms. The number of benzene rings is 1. The molecule has 3 nitrogen and oxygen atoms in total. The largest absolute Gasteiger partial charge is 0.416 e. The van der Waals surface area contributed by atoms with Crippen LogP contribution in [0, 0.1) is 0 Å². The Labute approximate surface area is 115 Å². The summed E-state index contributed by atoms with van der Waals surface area (Å²) in [5.74, 6) is 0.389. The van der Waals surface area contributed by atoms with Gasteiger partial charge in [-0.2, -0.15) is 13.2 Å². The minimum absolute atomic E-state index is 0.219. The van der Waals surface area contributed by atoms with Gasteiger partial charge in [0.2, 0.25) is 0 Å². The fourth-order valence-corrected chi connectivity index (χ4v) is 2.29. The molecule has 2 rings (SSSR count). The maximum absolute atomic E-state index is 13.2. The Kier molecular flexibility index (Phi) is 3.77. The molecule has 0 aliphatic carbocycles. The predicted octanol–water partition coefficient (Wildman–Crippen LogP) is 3.86. The highest BCUT2D eigenvalue weighted by molar-refractivity contribution is 5.78. The fourth-order valence-electron chi connectivity index (χ4n) is 2.29. The first-order chi connectivity index (χ1) is 9.25. The molecule has 0 N–H and O–H groups in total. The van der Waals surface area contributed by atoms with Gasteiger partial charge < -0.3 is 9.30 Å². The molecule has 6 heteroatoms. The molecule has 2 aromatic rings. The second kappa shape index (κ2) is 5.09. The molecule has 0 atom stereocenters. The van der Waals surface area contributed by atoms with Crippen LogP contribution in [-0.2, 0) is 24.6 Å². The summed E-state index contributed by atoms with van der Waals surface area (Å²) >= 11 is 0. The van der Waals surface area contributed by atoms with E-state index in [1.807, 2.05) is 0 Å². The van der Waals surface area contributed by atoms with Crippen LogP contribution in [0.2, 0.25) is 0 Å². The fraction of sp³-hybridized carbons (Fsp3) is 0.500. The van der Waals surface area contributed by atoms with Crippen LogP contribution < -0.4 is 0 Å². The molecule has 0 unspecified atom stereocenters. The van der Waals surface area contributed by atoms with Crippen LogP contribution >= 0.6 is 0 Å². The summed E-state index contributed by atoms with van der Waals surface area (Å²) in [4.78, 5) is 4.34. The number of aryl methyl sites for hydroxylation is 1. The number of hydrogen-bond acceptors (Lipinski definition) is 2. The average molecular weight is 286 g/mol. The smallest absolute Gasteiger partial charge is 0.377 e. The number of aromatic nitrogens is 2. The van der Waals surface area contributed by atoms with E-state index in [4.69, 9.17) is 4.74 Å². The number of methoxy groups -OCH3 is 1. The van der Waals surface area contributed by atoms with Crippen LogP contribution in [0.1, 0.15) is 36.7 Å². The molecular weight excluding hydrogens is 269 g/mol. The molecule has 0 amide bonds. The number of fused-ring (bicyclic) bond motifs is 1. The van der Waals surface area contributed by atoms with Crippen molar-refractivity contribution in [2.24, 2.45) is 7.05 Å². The summed E-state index contributed by atoms with van der Waals surface area (Å²) in [5, 5.41) is 0. The van der Waals surface area contributed by atoms with Crippen LogP contribution in [-0.4, -0.2) is 16.7 Å². The standard InChI is InChI=1S/C14H17F3N2O/c1-8(2)9-5-11-12(6-10(9)14(15,16)17)19(3)13(18-11)7-20-4/h5-6,8H,7H2,1-4H3. The van der Waals surface area contributed by atoms with E-state index in [0.717, 1.165) is 0 Å². The number of imidazole rings is 1. The van der Waals surface area contributed by atoms with Crippen molar-refractivity contribution in [1.29, 1.82) is 0 Å². The van der Waals surface area contributed by atoms with Crippen molar-refractivity contribution in [2.45, 2.75) is 32.5 Å². The molecule has 0 aliphatic rings. The van der Waals surface area contributed by atoms with Gasteiger partial charge in [0.05, 0.1) is 16.6 Å². The highest BCUT2D eigenvalue weighted by atomic mass is 19.4. The summed E-state index contributed by atoms with van der Waals surface area (Å²) in [6.07, 6.45) is -4.36. The lowest BCUT2D eigenvalue weighted by Gasteiger charge is -2.15. The number of halogens is 3.